The van der Waals surface area contributed by atoms with Crippen molar-refractivity contribution in [1.82, 2.24) is 0 Å². The van der Waals surface area contributed by atoms with Crippen molar-refractivity contribution in [2.24, 2.45) is 0 Å². The van der Waals surface area contributed by atoms with E-state index in [1.165, 1.54) is 7.11 Å². The van der Waals surface area contributed by atoms with Crippen molar-refractivity contribution < 1.29 is 18.4 Å². The van der Waals surface area contributed by atoms with E-state index in [4.69, 9.17) is 14.3 Å². The summed E-state index contributed by atoms with van der Waals surface area (Å²) in [6, 6.07) is 13.7. The number of nitrogens with one attached hydrogen (secondary N) is 1. The molecule has 0 aliphatic carbocycles. The molecular weight excluding hydrogens is 419 g/mol. The molecule has 0 aliphatic heterocycles. The van der Waals surface area contributed by atoms with E-state index < -0.39 is 7.60 Å². The van der Waals surface area contributed by atoms with Crippen LogP contribution in [0.4, 0.5) is 5.69 Å². The molecule has 0 aliphatic rings. The first-order chi connectivity index (χ1) is 12.4. The van der Waals surface area contributed by atoms with Crippen LogP contribution in [0.1, 0.15) is 28.4 Å². The van der Waals surface area contributed by atoms with Gasteiger partial charge in [0.05, 0.1) is 24.0 Å². The van der Waals surface area contributed by atoms with E-state index >= 15 is 0 Å². The first kappa shape index (κ1) is 20.3. The summed E-state index contributed by atoms with van der Waals surface area (Å²) in [6.45, 7) is 2.04. The average Bonchev–Trinajstić information content (AvgIpc) is 2.63. The molecule has 2 aromatic rings. The SMILES string of the molecule is CCOP(=O)(Cc1ccc(C(=O)Nc2ccc(Br)cc2C#N)cc1)OC. The topological polar surface area (TPSA) is 88.4 Å². The number of benzene rings is 2. The van der Waals surface area contributed by atoms with Crippen LogP contribution in [0.3, 0.4) is 0 Å². The molecule has 136 valence electrons. The maximum absolute atomic E-state index is 12.4. The molecule has 0 bridgehead atoms. The second-order valence-corrected chi connectivity index (χ2v) is 8.40. The molecule has 1 unspecified atom stereocenters. The maximum Gasteiger partial charge on any atom is 0.334 e. The zero-order valence-corrected chi connectivity index (χ0v) is 16.8. The summed E-state index contributed by atoms with van der Waals surface area (Å²) in [4.78, 5) is 12.4. The van der Waals surface area contributed by atoms with Crippen molar-refractivity contribution in [3.63, 3.8) is 0 Å². The average molecular weight is 437 g/mol. The number of hydrogen-bond acceptors (Lipinski definition) is 5. The minimum Gasteiger partial charge on any atom is -0.321 e. The van der Waals surface area contributed by atoms with Crippen molar-refractivity contribution >= 4 is 35.1 Å². The molecule has 1 atom stereocenters. The number of rotatable bonds is 7. The first-order valence-corrected chi connectivity index (χ1v) is 10.3. The van der Waals surface area contributed by atoms with Gasteiger partial charge in [-0.2, -0.15) is 5.26 Å². The van der Waals surface area contributed by atoms with E-state index in [2.05, 4.69) is 21.2 Å². The van der Waals surface area contributed by atoms with Gasteiger partial charge in [0.1, 0.15) is 6.07 Å². The number of anilines is 1. The van der Waals surface area contributed by atoms with E-state index in [-0.39, 0.29) is 12.1 Å². The minimum absolute atomic E-state index is 0.129. The number of carbonyl (C=O) groups is 1. The van der Waals surface area contributed by atoms with Gasteiger partial charge in [-0.25, -0.2) is 0 Å². The molecule has 2 aromatic carbocycles. The van der Waals surface area contributed by atoms with Gasteiger partial charge >= 0.3 is 7.60 Å². The first-order valence-electron chi connectivity index (χ1n) is 7.80. The highest BCUT2D eigenvalue weighted by atomic mass is 79.9. The van der Waals surface area contributed by atoms with Crippen LogP contribution in [-0.4, -0.2) is 19.6 Å². The summed E-state index contributed by atoms with van der Waals surface area (Å²) < 4.78 is 23.3. The summed E-state index contributed by atoms with van der Waals surface area (Å²) in [7, 11) is -1.82. The summed E-state index contributed by atoms with van der Waals surface area (Å²) in [6.07, 6.45) is 0.129. The molecule has 0 spiro atoms. The molecule has 2 rings (SSSR count). The normalized spacial score (nSPS) is 12.8. The number of carbonyl (C=O) groups excluding carboxylic acids is 1. The lowest BCUT2D eigenvalue weighted by Gasteiger charge is -2.15. The van der Waals surface area contributed by atoms with E-state index in [0.717, 1.165) is 10.0 Å². The summed E-state index contributed by atoms with van der Waals surface area (Å²) in [5.74, 6) is -0.338. The third-order valence-corrected chi connectivity index (χ3v) is 6.00. The van der Waals surface area contributed by atoms with Crippen molar-refractivity contribution in [3.8, 4) is 6.07 Å². The smallest absolute Gasteiger partial charge is 0.321 e. The lowest BCUT2D eigenvalue weighted by atomic mass is 10.1. The fraction of sp³-hybridized carbons (Fsp3) is 0.222. The Morgan fingerprint density at radius 3 is 2.54 bits per heavy atom. The van der Waals surface area contributed by atoms with Crippen LogP contribution in [-0.2, 0) is 19.8 Å². The van der Waals surface area contributed by atoms with E-state index in [1.807, 2.05) is 6.07 Å². The van der Waals surface area contributed by atoms with Gasteiger partial charge in [0.15, 0.2) is 0 Å². The van der Waals surface area contributed by atoms with Crippen LogP contribution < -0.4 is 5.32 Å². The Hall–Kier alpha value is -1.97. The van der Waals surface area contributed by atoms with Crippen molar-refractivity contribution in [2.45, 2.75) is 13.1 Å². The van der Waals surface area contributed by atoms with Crippen LogP contribution in [0.15, 0.2) is 46.9 Å². The summed E-state index contributed by atoms with van der Waals surface area (Å²) in [5.41, 5.74) is 1.96. The number of hydrogen-bond donors (Lipinski definition) is 1. The lowest BCUT2D eigenvalue weighted by Crippen LogP contribution is -2.13. The van der Waals surface area contributed by atoms with Crippen LogP contribution >= 0.6 is 23.5 Å². The Labute approximate surface area is 160 Å². The Balaban J connectivity index is 2.12. The van der Waals surface area contributed by atoms with Gasteiger partial charge in [-0.1, -0.05) is 28.1 Å². The third kappa shape index (κ3) is 5.26. The minimum atomic E-state index is -3.17. The quantitative estimate of drug-likeness (QED) is 0.620. The van der Waals surface area contributed by atoms with E-state index in [1.54, 1.807) is 49.4 Å². The van der Waals surface area contributed by atoms with Gasteiger partial charge in [0.2, 0.25) is 0 Å². The molecule has 0 aromatic heterocycles. The molecule has 0 saturated carbocycles. The number of amides is 1. The molecule has 6 nitrogen and oxygen atoms in total. The summed E-state index contributed by atoms with van der Waals surface area (Å²) in [5, 5.41) is 11.9. The van der Waals surface area contributed by atoms with Crippen LogP contribution in [0.2, 0.25) is 0 Å². The van der Waals surface area contributed by atoms with E-state index in [9.17, 15) is 9.36 Å². The second kappa shape index (κ2) is 9.11. The fourth-order valence-electron chi connectivity index (χ4n) is 2.26. The van der Waals surface area contributed by atoms with Gasteiger partial charge < -0.3 is 14.4 Å². The lowest BCUT2D eigenvalue weighted by molar-refractivity contribution is 0.102. The molecule has 1 amide bonds. The predicted molar refractivity (Wildman–Crippen MR) is 103 cm³/mol. The number of nitrogens with zero attached hydrogens (tertiary/aromatic N) is 1. The molecular formula is C18H18BrN2O4P. The van der Waals surface area contributed by atoms with Crippen LogP contribution in [0, 0.1) is 11.3 Å². The zero-order valence-electron chi connectivity index (χ0n) is 14.4. The molecule has 8 heteroatoms. The van der Waals surface area contributed by atoms with Gasteiger partial charge in [-0.15, -0.1) is 0 Å². The number of halogens is 1. The van der Waals surface area contributed by atoms with Crippen LogP contribution in [0.5, 0.6) is 0 Å². The van der Waals surface area contributed by atoms with Gasteiger partial charge in [0.25, 0.3) is 5.91 Å². The molecule has 0 radical (unpaired) electrons. The highest BCUT2D eigenvalue weighted by Crippen LogP contribution is 2.50. The van der Waals surface area contributed by atoms with Crippen molar-refractivity contribution in [3.05, 3.63) is 63.6 Å². The van der Waals surface area contributed by atoms with Gasteiger partial charge in [0, 0.05) is 17.1 Å². The Kier molecular flexibility index (Phi) is 7.13. The monoisotopic (exact) mass is 436 g/mol. The molecule has 1 N–H and O–H groups in total. The van der Waals surface area contributed by atoms with Crippen molar-refractivity contribution in [1.29, 1.82) is 5.26 Å². The largest absolute Gasteiger partial charge is 0.334 e. The van der Waals surface area contributed by atoms with Gasteiger partial charge in [-0.05, 0) is 42.8 Å². The Morgan fingerprint density at radius 2 is 1.96 bits per heavy atom. The molecule has 26 heavy (non-hydrogen) atoms. The third-order valence-electron chi connectivity index (χ3n) is 3.55. The molecule has 0 fully saturated rings. The molecule has 0 heterocycles. The van der Waals surface area contributed by atoms with Crippen molar-refractivity contribution in [2.75, 3.05) is 19.0 Å². The highest BCUT2D eigenvalue weighted by molar-refractivity contribution is 9.10. The van der Waals surface area contributed by atoms with Gasteiger partial charge in [-0.3, -0.25) is 9.36 Å². The van der Waals surface area contributed by atoms with E-state index in [0.29, 0.717) is 23.4 Å². The number of nitriles is 1. The standard InChI is InChI=1S/C18H18BrN2O4P/c1-3-25-26(23,24-2)12-13-4-6-14(7-5-13)18(22)21-17-9-8-16(19)10-15(17)11-20/h4-10H,3,12H2,1-2H3,(H,21,22). The van der Waals surface area contributed by atoms with Crippen LogP contribution in [0.25, 0.3) is 0 Å². The fourth-order valence-corrected chi connectivity index (χ4v) is 4.00. The predicted octanol–water partition coefficient (Wildman–Crippen LogP) is 4.95. The summed E-state index contributed by atoms with van der Waals surface area (Å²) >= 11 is 3.29. The maximum atomic E-state index is 12.4. The zero-order chi connectivity index (χ0) is 19.2. The Morgan fingerprint density at radius 1 is 1.27 bits per heavy atom. The highest BCUT2D eigenvalue weighted by Gasteiger charge is 2.22. The Bertz CT molecular complexity index is 878. The molecule has 0 saturated heterocycles. The second-order valence-electron chi connectivity index (χ2n) is 5.32.